The van der Waals surface area contributed by atoms with Crippen LogP contribution in [0, 0.1) is 5.92 Å². The first-order valence-electron chi connectivity index (χ1n) is 7.39. The van der Waals surface area contributed by atoms with Gasteiger partial charge >= 0.3 is 0 Å². The maximum atomic E-state index is 12.3. The van der Waals surface area contributed by atoms with E-state index in [1.165, 1.54) is 0 Å². The summed E-state index contributed by atoms with van der Waals surface area (Å²) in [6, 6.07) is 4.84. The lowest BCUT2D eigenvalue weighted by Gasteiger charge is -2.15. The highest BCUT2D eigenvalue weighted by Gasteiger charge is 2.25. The van der Waals surface area contributed by atoms with Gasteiger partial charge < -0.3 is 15.2 Å². The predicted octanol–water partition coefficient (Wildman–Crippen LogP) is 2.02. The summed E-state index contributed by atoms with van der Waals surface area (Å²) in [5.41, 5.74) is 6.85. The van der Waals surface area contributed by atoms with E-state index in [0.29, 0.717) is 17.4 Å². The van der Waals surface area contributed by atoms with Gasteiger partial charge in [0.1, 0.15) is 0 Å². The van der Waals surface area contributed by atoms with Crippen LogP contribution in [0.3, 0.4) is 0 Å². The zero-order valence-corrected chi connectivity index (χ0v) is 12.8. The fourth-order valence-electron chi connectivity index (χ4n) is 3.12. The Morgan fingerprint density at radius 2 is 1.90 bits per heavy atom. The number of hydrogen-bond donors (Lipinski definition) is 1. The van der Waals surface area contributed by atoms with Crippen LogP contribution in [-0.4, -0.2) is 26.7 Å². The molecule has 1 aromatic carbocycles. The average Bonchev–Trinajstić information content (AvgIpc) is 3.07. The molecule has 6 heteroatoms. The van der Waals surface area contributed by atoms with E-state index < -0.39 is 15.9 Å². The zero-order chi connectivity index (χ0) is 14.9. The van der Waals surface area contributed by atoms with Crippen molar-refractivity contribution in [3.8, 4) is 11.5 Å². The molecule has 0 saturated heterocycles. The lowest BCUT2D eigenvalue weighted by molar-refractivity contribution is 0.174. The highest BCUT2D eigenvalue weighted by atomic mass is 32.2. The molecule has 1 atom stereocenters. The van der Waals surface area contributed by atoms with Crippen molar-refractivity contribution in [2.24, 2.45) is 11.7 Å². The third kappa shape index (κ3) is 3.49. The van der Waals surface area contributed by atoms with Crippen molar-refractivity contribution in [2.45, 2.75) is 31.7 Å². The first kappa shape index (κ1) is 14.7. The van der Waals surface area contributed by atoms with E-state index in [-0.39, 0.29) is 18.3 Å². The molecule has 21 heavy (non-hydrogen) atoms. The largest absolute Gasteiger partial charge is 0.454 e. The summed E-state index contributed by atoms with van der Waals surface area (Å²) in [6.07, 6.45) is 4.35. The number of benzene rings is 1. The van der Waals surface area contributed by atoms with Crippen molar-refractivity contribution in [1.82, 2.24) is 0 Å². The summed E-state index contributed by atoms with van der Waals surface area (Å²) in [5.74, 6) is 1.89. The van der Waals surface area contributed by atoms with Gasteiger partial charge in [-0.3, -0.25) is 0 Å². The molecule has 0 aromatic heterocycles. The van der Waals surface area contributed by atoms with Gasteiger partial charge in [-0.15, -0.1) is 0 Å². The van der Waals surface area contributed by atoms with Crippen molar-refractivity contribution in [3.63, 3.8) is 0 Å². The van der Waals surface area contributed by atoms with Gasteiger partial charge in [0, 0.05) is 6.04 Å². The van der Waals surface area contributed by atoms with Crippen LogP contribution < -0.4 is 15.2 Å². The van der Waals surface area contributed by atoms with E-state index in [0.717, 1.165) is 31.2 Å². The first-order valence-corrected chi connectivity index (χ1v) is 9.21. The zero-order valence-electron chi connectivity index (χ0n) is 12.0. The van der Waals surface area contributed by atoms with Crippen molar-refractivity contribution in [1.29, 1.82) is 0 Å². The summed E-state index contributed by atoms with van der Waals surface area (Å²) in [7, 11) is -3.12. The summed E-state index contributed by atoms with van der Waals surface area (Å²) in [4.78, 5) is 0. The fraction of sp³-hybridized carbons (Fsp3) is 0.600. The third-order valence-electron chi connectivity index (χ3n) is 4.22. The number of nitrogens with two attached hydrogens (primary N) is 1. The van der Waals surface area contributed by atoms with Crippen LogP contribution in [0.1, 0.15) is 37.3 Å². The number of fused-ring (bicyclic) bond motifs is 1. The molecule has 2 N–H and O–H groups in total. The Morgan fingerprint density at radius 3 is 2.67 bits per heavy atom. The molecule has 0 spiro atoms. The van der Waals surface area contributed by atoms with Crippen LogP contribution in [-0.2, 0) is 9.84 Å². The molecule has 1 saturated carbocycles. The van der Waals surface area contributed by atoms with Crippen molar-refractivity contribution in [3.05, 3.63) is 23.8 Å². The lowest BCUT2D eigenvalue weighted by Crippen LogP contribution is -2.25. The van der Waals surface area contributed by atoms with E-state index in [2.05, 4.69) is 0 Å². The van der Waals surface area contributed by atoms with Crippen LogP contribution in [0.4, 0.5) is 0 Å². The number of hydrogen-bond acceptors (Lipinski definition) is 5. The van der Waals surface area contributed by atoms with Gasteiger partial charge in [-0.25, -0.2) is 8.42 Å². The van der Waals surface area contributed by atoms with Gasteiger partial charge in [0.2, 0.25) is 6.79 Å². The van der Waals surface area contributed by atoms with Gasteiger partial charge in [-0.2, -0.15) is 0 Å². The van der Waals surface area contributed by atoms with Crippen LogP contribution in [0.25, 0.3) is 0 Å². The molecular formula is C15H21NO4S. The van der Waals surface area contributed by atoms with E-state index in [1.54, 1.807) is 12.1 Å². The predicted molar refractivity (Wildman–Crippen MR) is 80.1 cm³/mol. The molecule has 0 amide bonds. The van der Waals surface area contributed by atoms with E-state index in [1.807, 2.05) is 6.07 Å². The van der Waals surface area contributed by atoms with Crippen LogP contribution >= 0.6 is 0 Å². The molecule has 1 heterocycles. The summed E-state index contributed by atoms with van der Waals surface area (Å²) in [5, 5.41) is 0. The lowest BCUT2D eigenvalue weighted by atomic mass is 10.1. The molecule has 1 aliphatic carbocycles. The van der Waals surface area contributed by atoms with Gasteiger partial charge in [-0.05, 0) is 36.5 Å². The highest BCUT2D eigenvalue weighted by molar-refractivity contribution is 7.91. The number of sulfone groups is 1. The molecule has 2 aliphatic rings. The summed E-state index contributed by atoms with van der Waals surface area (Å²) >= 11 is 0. The van der Waals surface area contributed by atoms with Crippen molar-refractivity contribution >= 4 is 9.84 Å². The summed E-state index contributed by atoms with van der Waals surface area (Å²) in [6.45, 7) is 0.202. The second-order valence-corrected chi connectivity index (χ2v) is 8.10. The third-order valence-corrected chi connectivity index (χ3v) is 6.07. The Hall–Kier alpha value is -1.27. The van der Waals surface area contributed by atoms with Gasteiger partial charge in [-0.1, -0.05) is 18.9 Å². The maximum absolute atomic E-state index is 12.3. The van der Waals surface area contributed by atoms with Crippen LogP contribution in [0.15, 0.2) is 18.2 Å². The van der Waals surface area contributed by atoms with E-state index >= 15 is 0 Å². The Bertz CT molecular complexity index is 608. The molecule has 1 unspecified atom stereocenters. The van der Waals surface area contributed by atoms with E-state index in [9.17, 15) is 8.42 Å². The van der Waals surface area contributed by atoms with Crippen LogP contribution in [0.5, 0.6) is 11.5 Å². The number of ether oxygens (including phenoxy) is 2. The Balaban J connectivity index is 1.66. The van der Waals surface area contributed by atoms with Gasteiger partial charge in [0.05, 0.1) is 11.5 Å². The molecule has 0 radical (unpaired) electrons. The first-order chi connectivity index (χ1) is 10.0. The van der Waals surface area contributed by atoms with Crippen molar-refractivity contribution < 1.29 is 17.9 Å². The minimum Gasteiger partial charge on any atom is -0.454 e. The Labute approximate surface area is 125 Å². The minimum absolute atomic E-state index is 0.0108. The molecule has 116 valence electrons. The quantitative estimate of drug-likeness (QED) is 0.900. The molecule has 3 rings (SSSR count). The van der Waals surface area contributed by atoms with Gasteiger partial charge in [0.15, 0.2) is 21.3 Å². The highest BCUT2D eigenvalue weighted by Crippen LogP contribution is 2.34. The fourth-order valence-corrected chi connectivity index (χ4v) is 5.05. The van der Waals surface area contributed by atoms with Crippen molar-refractivity contribution in [2.75, 3.05) is 18.3 Å². The normalized spacial score (nSPS) is 19.9. The second kappa shape index (κ2) is 5.85. The SMILES string of the molecule is NC(CS(=O)(=O)CC1CCCC1)c1ccc2c(c1)OCO2. The number of rotatable bonds is 5. The molecule has 5 nitrogen and oxygen atoms in total. The standard InChI is InChI=1S/C15H21NO4S/c16-13(9-21(17,18)8-11-3-1-2-4-11)12-5-6-14-15(7-12)20-10-19-14/h5-7,11,13H,1-4,8-10,16H2. The van der Waals surface area contributed by atoms with E-state index in [4.69, 9.17) is 15.2 Å². The minimum atomic E-state index is -3.12. The molecule has 1 aliphatic heterocycles. The molecular weight excluding hydrogens is 290 g/mol. The smallest absolute Gasteiger partial charge is 0.231 e. The molecule has 0 bridgehead atoms. The molecule has 1 aromatic rings. The maximum Gasteiger partial charge on any atom is 0.231 e. The molecule has 1 fully saturated rings. The Kier molecular flexibility index (Phi) is 4.08. The average molecular weight is 311 g/mol. The van der Waals surface area contributed by atoms with Crippen LogP contribution in [0.2, 0.25) is 0 Å². The Morgan fingerprint density at radius 1 is 1.19 bits per heavy atom. The topological polar surface area (TPSA) is 78.6 Å². The monoisotopic (exact) mass is 311 g/mol. The second-order valence-electron chi connectivity index (χ2n) is 5.95. The van der Waals surface area contributed by atoms with Gasteiger partial charge in [0.25, 0.3) is 0 Å². The summed E-state index contributed by atoms with van der Waals surface area (Å²) < 4.78 is 35.1.